The minimum atomic E-state index is -0.682. The van der Waals surface area contributed by atoms with Crippen LogP contribution in [0.3, 0.4) is 0 Å². The Balaban J connectivity index is 2.48. The summed E-state index contributed by atoms with van der Waals surface area (Å²) in [7, 11) is -0.682. The van der Waals surface area contributed by atoms with E-state index in [1.54, 1.807) is 6.26 Å². The molecule has 0 bridgehead atoms. The molecule has 96 valence electrons. The Labute approximate surface area is 102 Å². The van der Waals surface area contributed by atoms with E-state index in [-0.39, 0.29) is 0 Å². The van der Waals surface area contributed by atoms with Gasteiger partial charge in [0, 0.05) is 40.9 Å². The summed E-state index contributed by atoms with van der Waals surface area (Å²) >= 11 is 0. The highest BCUT2D eigenvalue weighted by Crippen LogP contribution is 2.10. The van der Waals surface area contributed by atoms with Crippen molar-refractivity contribution in [1.82, 2.24) is 10.2 Å². The molecule has 0 amide bonds. The van der Waals surface area contributed by atoms with Crippen molar-refractivity contribution in [3.8, 4) is 0 Å². The average Bonchev–Trinajstić information content (AvgIpc) is 2.13. The maximum atomic E-state index is 11.3. The van der Waals surface area contributed by atoms with Gasteiger partial charge in [0.25, 0.3) is 0 Å². The summed E-state index contributed by atoms with van der Waals surface area (Å²) in [6.07, 6.45) is 4.17. The van der Waals surface area contributed by atoms with Crippen molar-refractivity contribution in [2.45, 2.75) is 51.7 Å². The van der Waals surface area contributed by atoms with Gasteiger partial charge in [0.05, 0.1) is 0 Å². The number of nitrogens with zero attached hydrogens (tertiary/aromatic N) is 1. The van der Waals surface area contributed by atoms with Crippen molar-refractivity contribution in [1.29, 1.82) is 0 Å². The molecule has 0 radical (unpaired) electrons. The van der Waals surface area contributed by atoms with E-state index in [1.165, 1.54) is 12.8 Å². The van der Waals surface area contributed by atoms with Gasteiger partial charge in [0.1, 0.15) is 0 Å². The van der Waals surface area contributed by atoms with Crippen LogP contribution in [0.15, 0.2) is 0 Å². The molecule has 1 heterocycles. The lowest BCUT2D eigenvalue weighted by molar-refractivity contribution is 0.183. The van der Waals surface area contributed by atoms with Crippen molar-refractivity contribution >= 4 is 10.8 Å². The van der Waals surface area contributed by atoms with E-state index >= 15 is 0 Å². The zero-order chi connectivity index (χ0) is 12.1. The van der Waals surface area contributed by atoms with Gasteiger partial charge in [-0.1, -0.05) is 0 Å². The van der Waals surface area contributed by atoms with Gasteiger partial charge >= 0.3 is 0 Å². The lowest BCUT2D eigenvalue weighted by Crippen LogP contribution is -2.46. The van der Waals surface area contributed by atoms with Crippen molar-refractivity contribution in [3.63, 3.8) is 0 Å². The van der Waals surface area contributed by atoms with E-state index in [2.05, 4.69) is 31.0 Å². The Morgan fingerprint density at radius 3 is 2.25 bits per heavy atom. The lowest BCUT2D eigenvalue weighted by atomic mass is 10.1. The molecule has 1 saturated heterocycles. The molecule has 1 aliphatic heterocycles. The predicted octanol–water partition coefficient (Wildman–Crippen LogP) is 1.22. The van der Waals surface area contributed by atoms with Gasteiger partial charge in [-0.05, 0) is 46.7 Å². The molecule has 16 heavy (non-hydrogen) atoms. The summed E-state index contributed by atoms with van der Waals surface area (Å²) in [6.45, 7) is 8.95. The van der Waals surface area contributed by atoms with Gasteiger partial charge < -0.3 is 5.32 Å². The first-order chi connectivity index (χ1) is 7.49. The molecular formula is C12H26N2OS. The highest BCUT2D eigenvalue weighted by Gasteiger charge is 2.20. The zero-order valence-electron chi connectivity index (χ0n) is 11.0. The van der Waals surface area contributed by atoms with Gasteiger partial charge in [-0.25, -0.2) is 0 Å². The SMILES string of the molecule is CC1CCN(C(C)CS(C)=O)CCC(C)N1. The first kappa shape index (κ1) is 14.1. The fourth-order valence-corrected chi connectivity index (χ4v) is 3.26. The van der Waals surface area contributed by atoms with Crippen LogP contribution >= 0.6 is 0 Å². The molecule has 1 N–H and O–H groups in total. The van der Waals surface area contributed by atoms with Gasteiger partial charge in [-0.3, -0.25) is 9.11 Å². The normalized spacial score (nSPS) is 32.8. The second kappa shape index (κ2) is 6.72. The van der Waals surface area contributed by atoms with Crippen LogP contribution in [0.4, 0.5) is 0 Å². The molecule has 1 aliphatic rings. The summed E-state index contributed by atoms with van der Waals surface area (Å²) in [4.78, 5) is 2.50. The predicted molar refractivity (Wildman–Crippen MR) is 71.3 cm³/mol. The summed E-state index contributed by atoms with van der Waals surface area (Å²) < 4.78 is 11.3. The Bertz CT molecular complexity index is 223. The number of hydrogen-bond acceptors (Lipinski definition) is 3. The smallest absolute Gasteiger partial charge is 0.0385 e. The van der Waals surface area contributed by atoms with Gasteiger partial charge in [-0.2, -0.15) is 0 Å². The second-order valence-electron chi connectivity index (χ2n) is 5.17. The maximum absolute atomic E-state index is 11.3. The molecular weight excluding hydrogens is 220 g/mol. The summed E-state index contributed by atoms with van der Waals surface area (Å²) in [5, 5.41) is 3.60. The van der Waals surface area contributed by atoms with Crippen LogP contribution in [0, 0.1) is 0 Å². The second-order valence-corrected chi connectivity index (χ2v) is 6.65. The monoisotopic (exact) mass is 246 g/mol. The minimum absolute atomic E-state index is 0.448. The van der Waals surface area contributed by atoms with E-state index < -0.39 is 10.8 Å². The number of nitrogens with one attached hydrogen (secondary N) is 1. The Morgan fingerprint density at radius 2 is 1.81 bits per heavy atom. The number of hydrogen-bond donors (Lipinski definition) is 1. The van der Waals surface area contributed by atoms with Crippen molar-refractivity contribution in [3.05, 3.63) is 0 Å². The fraction of sp³-hybridized carbons (Fsp3) is 1.00. The lowest BCUT2D eigenvalue weighted by Gasteiger charge is -2.34. The minimum Gasteiger partial charge on any atom is -0.312 e. The van der Waals surface area contributed by atoms with Crippen LogP contribution in [0.25, 0.3) is 0 Å². The van der Waals surface area contributed by atoms with E-state index in [0.29, 0.717) is 18.1 Å². The molecule has 4 atom stereocenters. The van der Waals surface area contributed by atoms with E-state index in [0.717, 1.165) is 18.8 Å². The van der Waals surface area contributed by atoms with Gasteiger partial charge in [0.2, 0.25) is 0 Å². The van der Waals surface area contributed by atoms with Crippen LogP contribution in [-0.2, 0) is 10.8 Å². The third kappa shape index (κ3) is 4.93. The topological polar surface area (TPSA) is 32.3 Å². The molecule has 3 nitrogen and oxygen atoms in total. The number of rotatable bonds is 3. The van der Waals surface area contributed by atoms with E-state index in [4.69, 9.17) is 0 Å². The molecule has 0 aromatic heterocycles. The third-order valence-electron chi connectivity index (χ3n) is 3.37. The van der Waals surface area contributed by atoms with Crippen LogP contribution in [0.1, 0.15) is 33.6 Å². The highest BCUT2D eigenvalue weighted by atomic mass is 32.2. The molecule has 0 saturated carbocycles. The summed E-state index contributed by atoms with van der Waals surface area (Å²) in [5.74, 6) is 0.802. The zero-order valence-corrected chi connectivity index (χ0v) is 11.8. The third-order valence-corrected chi connectivity index (χ3v) is 4.32. The van der Waals surface area contributed by atoms with Crippen LogP contribution in [-0.4, -0.2) is 52.3 Å². The molecule has 4 unspecified atom stereocenters. The molecule has 0 aliphatic carbocycles. The van der Waals surface area contributed by atoms with Crippen LogP contribution in [0.2, 0.25) is 0 Å². The first-order valence-corrected chi connectivity index (χ1v) is 8.02. The summed E-state index contributed by atoms with van der Waals surface area (Å²) in [5.41, 5.74) is 0. The standard InChI is InChI=1S/C12H26N2OS/c1-10-5-7-14(8-6-11(2)13-10)12(3)9-16(4)15/h10-13H,5-9H2,1-4H3. The molecule has 4 heteroatoms. The van der Waals surface area contributed by atoms with Crippen molar-refractivity contribution in [2.75, 3.05) is 25.1 Å². The molecule has 0 spiro atoms. The quantitative estimate of drug-likeness (QED) is 0.812. The maximum Gasteiger partial charge on any atom is 0.0385 e. The highest BCUT2D eigenvalue weighted by molar-refractivity contribution is 7.84. The van der Waals surface area contributed by atoms with E-state index in [1.807, 2.05) is 0 Å². The largest absolute Gasteiger partial charge is 0.312 e. The first-order valence-electron chi connectivity index (χ1n) is 6.29. The Kier molecular flexibility index (Phi) is 5.94. The fourth-order valence-electron chi connectivity index (χ4n) is 2.37. The Hall–Kier alpha value is 0.0700. The molecule has 1 fully saturated rings. The van der Waals surface area contributed by atoms with Crippen LogP contribution < -0.4 is 5.32 Å². The summed E-state index contributed by atoms with van der Waals surface area (Å²) in [6, 6.07) is 1.64. The molecule has 1 rings (SSSR count). The molecule has 0 aromatic rings. The van der Waals surface area contributed by atoms with Gasteiger partial charge in [0.15, 0.2) is 0 Å². The van der Waals surface area contributed by atoms with Crippen LogP contribution in [0.5, 0.6) is 0 Å². The Morgan fingerprint density at radius 1 is 1.31 bits per heavy atom. The van der Waals surface area contributed by atoms with Crippen molar-refractivity contribution < 1.29 is 4.21 Å². The average molecular weight is 246 g/mol. The van der Waals surface area contributed by atoms with Gasteiger partial charge in [-0.15, -0.1) is 0 Å². The van der Waals surface area contributed by atoms with E-state index in [9.17, 15) is 4.21 Å². The van der Waals surface area contributed by atoms with Crippen molar-refractivity contribution in [2.24, 2.45) is 0 Å². The molecule has 0 aromatic carbocycles.